The van der Waals surface area contributed by atoms with Gasteiger partial charge in [-0.05, 0) is 61.9 Å². The van der Waals surface area contributed by atoms with Gasteiger partial charge in [0.05, 0.1) is 33.2 Å². The first-order valence-electron chi connectivity index (χ1n) is 10.8. The average molecular weight is 464 g/mol. The molecule has 1 atom stereocenters. The lowest BCUT2D eigenvalue weighted by Gasteiger charge is -2.30. The lowest BCUT2D eigenvalue weighted by atomic mass is 10.1. The zero-order valence-electron chi connectivity index (χ0n) is 18.3. The fourth-order valence-corrected chi connectivity index (χ4v) is 4.13. The standard InChI is InChI=1S/C26H23ClFN3O2/c1-3-16-30(25(32)20-8-4-6-10-22(20)27)17(2)24-29-23-11-7-5-9-21(23)26(33)31(24)19-14-12-18(28)13-15-19/h4-15,17H,3,16H2,1-2H3. The number of hydrogen-bond donors (Lipinski definition) is 0. The third kappa shape index (κ3) is 4.39. The normalized spacial score (nSPS) is 12.0. The summed E-state index contributed by atoms with van der Waals surface area (Å²) in [5.74, 6) is -0.265. The molecule has 3 aromatic carbocycles. The molecule has 7 heteroatoms. The second-order valence-corrected chi connectivity index (χ2v) is 8.17. The van der Waals surface area contributed by atoms with Gasteiger partial charge in [-0.15, -0.1) is 0 Å². The number of benzene rings is 3. The minimum atomic E-state index is -0.559. The molecule has 0 radical (unpaired) electrons. The van der Waals surface area contributed by atoms with Crippen LogP contribution >= 0.6 is 11.6 Å². The number of carbonyl (C=O) groups is 1. The fourth-order valence-electron chi connectivity index (χ4n) is 3.91. The van der Waals surface area contributed by atoms with Crippen LogP contribution in [0, 0.1) is 5.82 Å². The van der Waals surface area contributed by atoms with Gasteiger partial charge in [-0.2, -0.15) is 0 Å². The molecule has 4 rings (SSSR count). The Morgan fingerprint density at radius 3 is 2.42 bits per heavy atom. The highest BCUT2D eigenvalue weighted by Crippen LogP contribution is 2.26. The molecule has 0 saturated carbocycles. The van der Waals surface area contributed by atoms with Gasteiger partial charge in [-0.3, -0.25) is 14.2 Å². The fraction of sp³-hybridized carbons (Fsp3) is 0.192. The number of para-hydroxylation sites is 1. The number of fused-ring (bicyclic) bond motifs is 1. The summed E-state index contributed by atoms with van der Waals surface area (Å²) in [7, 11) is 0. The van der Waals surface area contributed by atoms with Crippen LogP contribution in [0.25, 0.3) is 16.6 Å². The van der Waals surface area contributed by atoms with Crippen LogP contribution in [0.3, 0.4) is 0 Å². The van der Waals surface area contributed by atoms with Crippen molar-refractivity contribution in [2.24, 2.45) is 0 Å². The maximum Gasteiger partial charge on any atom is 0.266 e. The van der Waals surface area contributed by atoms with Gasteiger partial charge in [0.15, 0.2) is 0 Å². The van der Waals surface area contributed by atoms with Crippen LogP contribution in [-0.2, 0) is 0 Å². The van der Waals surface area contributed by atoms with Gasteiger partial charge < -0.3 is 4.90 Å². The third-order valence-electron chi connectivity index (χ3n) is 5.56. The highest BCUT2D eigenvalue weighted by Gasteiger charge is 2.28. The first-order chi connectivity index (χ1) is 15.9. The highest BCUT2D eigenvalue weighted by molar-refractivity contribution is 6.33. The van der Waals surface area contributed by atoms with E-state index in [4.69, 9.17) is 16.6 Å². The summed E-state index contributed by atoms with van der Waals surface area (Å²) in [6, 6.07) is 19.0. The Bertz CT molecular complexity index is 1370. The minimum absolute atomic E-state index is 0.247. The molecule has 168 valence electrons. The van der Waals surface area contributed by atoms with E-state index in [-0.39, 0.29) is 11.5 Å². The Morgan fingerprint density at radius 2 is 1.73 bits per heavy atom. The Morgan fingerprint density at radius 1 is 1.06 bits per heavy atom. The maximum atomic E-state index is 13.6. The molecule has 0 spiro atoms. The van der Waals surface area contributed by atoms with Crippen LogP contribution in [0.2, 0.25) is 5.02 Å². The van der Waals surface area contributed by atoms with E-state index in [1.165, 1.54) is 28.8 Å². The molecule has 1 amide bonds. The van der Waals surface area contributed by atoms with Crippen molar-refractivity contribution in [1.82, 2.24) is 14.5 Å². The van der Waals surface area contributed by atoms with E-state index in [0.717, 1.165) is 0 Å². The lowest BCUT2D eigenvalue weighted by molar-refractivity contribution is 0.0681. The van der Waals surface area contributed by atoms with Gasteiger partial charge in [0, 0.05) is 6.54 Å². The number of hydrogen-bond acceptors (Lipinski definition) is 3. The molecule has 0 fully saturated rings. The van der Waals surface area contributed by atoms with Crippen LogP contribution in [0.5, 0.6) is 0 Å². The van der Waals surface area contributed by atoms with Crippen LogP contribution < -0.4 is 5.56 Å². The molecule has 0 bridgehead atoms. The van der Waals surface area contributed by atoms with E-state index in [1.54, 1.807) is 47.4 Å². The summed E-state index contributed by atoms with van der Waals surface area (Å²) in [5.41, 5.74) is 1.11. The van der Waals surface area contributed by atoms with Gasteiger partial charge >= 0.3 is 0 Å². The molecule has 0 aliphatic carbocycles. The molecular weight excluding hydrogens is 441 g/mol. The van der Waals surface area contributed by atoms with Crippen LogP contribution in [-0.4, -0.2) is 26.9 Å². The summed E-state index contributed by atoms with van der Waals surface area (Å²) in [6.45, 7) is 4.25. The number of halogens is 2. The van der Waals surface area contributed by atoms with Crippen molar-refractivity contribution in [3.05, 3.63) is 105 Å². The van der Waals surface area contributed by atoms with Gasteiger partial charge in [0.2, 0.25) is 0 Å². The van der Waals surface area contributed by atoms with Crippen molar-refractivity contribution in [1.29, 1.82) is 0 Å². The highest BCUT2D eigenvalue weighted by atomic mass is 35.5. The van der Waals surface area contributed by atoms with Crippen LogP contribution in [0.15, 0.2) is 77.6 Å². The number of aromatic nitrogens is 2. The Balaban J connectivity index is 1.92. The molecule has 0 aliphatic heterocycles. The molecule has 0 saturated heterocycles. The predicted octanol–water partition coefficient (Wildman–Crippen LogP) is 5.79. The minimum Gasteiger partial charge on any atom is -0.329 e. The van der Waals surface area contributed by atoms with Crippen molar-refractivity contribution < 1.29 is 9.18 Å². The number of carbonyl (C=O) groups excluding carboxylic acids is 1. The van der Waals surface area contributed by atoms with E-state index in [2.05, 4.69) is 0 Å². The van der Waals surface area contributed by atoms with E-state index < -0.39 is 11.9 Å². The molecule has 0 N–H and O–H groups in total. The SMILES string of the molecule is CCCN(C(=O)c1ccccc1Cl)C(C)c1nc2ccccc2c(=O)n1-c1ccc(F)cc1. The van der Waals surface area contributed by atoms with Crippen molar-refractivity contribution in [2.45, 2.75) is 26.3 Å². The van der Waals surface area contributed by atoms with E-state index in [1.807, 2.05) is 19.9 Å². The third-order valence-corrected chi connectivity index (χ3v) is 5.89. The van der Waals surface area contributed by atoms with Crippen molar-refractivity contribution in [2.75, 3.05) is 6.54 Å². The monoisotopic (exact) mass is 463 g/mol. The Labute approximate surface area is 196 Å². The summed E-state index contributed by atoms with van der Waals surface area (Å²) in [6.07, 6.45) is 0.703. The van der Waals surface area contributed by atoms with Crippen molar-refractivity contribution in [3.63, 3.8) is 0 Å². The maximum absolute atomic E-state index is 13.6. The second kappa shape index (κ2) is 9.55. The molecule has 0 aliphatic rings. The van der Waals surface area contributed by atoms with E-state index in [0.29, 0.717) is 46.0 Å². The number of amides is 1. The smallest absolute Gasteiger partial charge is 0.266 e. The van der Waals surface area contributed by atoms with Gasteiger partial charge in [0.1, 0.15) is 11.6 Å². The molecule has 1 aromatic heterocycles. The van der Waals surface area contributed by atoms with Gasteiger partial charge in [-0.25, -0.2) is 9.37 Å². The summed E-state index contributed by atoms with van der Waals surface area (Å²) >= 11 is 6.31. The topological polar surface area (TPSA) is 55.2 Å². The lowest BCUT2D eigenvalue weighted by Crippen LogP contribution is -2.38. The van der Waals surface area contributed by atoms with Gasteiger partial charge in [-0.1, -0.05) is 42.8 Å². The first-order valence-corrected chi connectivity index (χ1v) is 11.1. The Kier molecular flexibility index (Phi) is 6.56. The molecule has 33 heavy (non-hydrogen) atoms. The van der Waals surface area contributed by atoms with E-state index >= 15 is 0 Å². The van der Waals surface area contributed by atoms with Crippen LogP contribution in [0.4, 0.5) is 4.39 Å². The zero-order chi connectivity index (χ0) is 23.5. The molecule has 5 nitrogen and oxygen atoms in total. The first kappa shape index (κ1) is 22.7. The van der Waals surface area contributed by atoms with Crippen molar-refractivity contribution >= 4 is 28.4 Å². The summed E-state index contributed by atoms with van der Waals surface area (Å²) in [5, 5.41) is 0.801. The Hall–Kier alpha value is -3.51. The molecule has 4 aromatic rings. The molecular formula is C26H23ClFN3O2. The summed E-state index contributed by atoms with van der Waals surface area (Å²) in [4.78, 5) is 33.4. The summed E-state index contributed by atoms with van der Waals surface area (Å²) < 4.78 is 15.1. The van der Waals surface area contributed by atoms with Crippen molar-refractivity contribution in [3.8, 4) is 5.69 Å². The molecule has 1 heterocycles. The van der Waals surface area contributed by atoms with Crippen LogP contribution in [0.1, 0.15) is 42.5 Å². The number of nitrogens with zero attached hydrogens (tertiary/aromatic N) is 3. The predicted molar refractivity (Wildman–Crippen MR) is 128 cm³/mol. The molecule has 1 unspecified atom stereocenters. The number of rotatable bonds is 6. The second-order valence-electron chi connectivity index (χ2n) is 7.76. The average Bonchev–Trinajstić information content (AvgIpc) is 2.83. The van der Waals surface area contributed by atoms with E-state index in [9.17, 15) is 14.0 Å². The zero-order valence-corrected chi connectivity index (χ0v) is 19.1. The quantitative estimate of drug-likeness (QED) is 0.363. The largest absolute Gasteiger partial charge is 0.329 e. The van der Waals surface area contributed by atoms with Gasteiger partial charge in [0.25, 0.3) is 11.5 Å².